The molecule has 36 heavy (non-hydrogen) atoms. The fourth-order valence-electron chi connectivity index (χ4n) is 3.78. The molecule has 182 valence electrons. The van der Waals surface area contributed by atoms with E-state index in [-0.39, 0.29) is 5.56 Å². The number of aromatic nitrogens is 3. The molecular formula is C26H20Br2N4O3S. The molecular weight excluding hydrogens is 608 g/mol. The summed E-state index contributed by atoms with van der Waals surface area (Å²) in [5, 5.41) is 6.56. The van der Waals surface area contributed by atoms with E-state index in [2.05, 4.69) is 37.2 Å². The second-order valence-corrected chi connectivity index (χ2v) is 10.4. The zero-order valence-corrected chi connectivity index (χ0v) is 23.3. The zero-order valence-electron chi connectivity index (χ0n) is 19.3. The lowest BCUT2D eigenvalue weighted by atomic mass is 10.2. The quantitative estimate of drug-likeness (QED) is 0.217. The van der Waals surface area contributed by atoms with Crippen LogP contribution < -0.4 is 20.3 Å². The van der Waals surface area contributed by atoms with Gasteiger partial charge >= 0.3 is 0 Å². The van der Waals surface area contributed by atoms with Crippen molar-refractivity contribution in [3.63, 3.8) is 0 Å². The average molecular weight is 628 g/mol. The number of thiazole rings is 1. The molecule has 0 fully saturated rings. The second kappa shape index (κ2) is 10.4. The van der Waals surface area contributed by atoms with Crippen molar-refractivity contribution in [2.24, 2.45) is 0 Å². The molecule has 0 aliphatic rings. The van der Waals surface area contributed by atoms with E-state index < -0.39 is 0 Å². The highest BCUT2D eigenvalue weighted by atomic mass is 79.9. The summed E-state index contributed by atoms with van der Waals surface area (Å²) in [5.74, 6) is 2.06. The van der Waals surface area contributed by atoms with E-state index >= 15 is 0 Å². The number of nitrogens with one attached hydrogen (secondary N) is 1. The molecule has 0 amide bonds. The third-order valence-electron chi connectivity index (χ3n) is 5.58. The van der Waals surface area contributed by atoms with Crippen molar-refractivity contribution < 1.29 is 9.47 Å². The minimum atomic E-state index is -0.165. The Bertz CT molecular complexity index is 1600. The molecule has 0 aliphatic carbocycles. The third-order valence-corrected chi connectivity index (χ3v) is 7.44. The Morgan fingerprint density at radius 1 is 0.944 bits per heavy atom. The van der Waals surface area contributed by atoms with Crippen molar-refractivity contribution in [2.75, 3.05) is 19.5 Å². The van der Waals surface area contributed by atoms with Crippen LogP contribution in [0.5, 0.6) is 11.5 Å². The summed E-state index contributed by atoms with van der Waals surface area (Å²) in [5.41, 5.74) is 2.98. The van der Waals surface area contributed by atoms with E-state index in [9.17, 15) is 4.79 Å². The lowest BCUT2D eigenvalue weighted by molar-refractivity contribution is 0.414. The molecule has 0 aliphatic heterocycles. The van der Waals surface area contributed by atoms with Gasteiger partial charge in [-0.15, -0.1) is 11.3 Å². The summed E-state index contributed by atoms with van der Waals surface area (Å²) in [6, 6.07) is 18.8. The standard InChI is InChI=1S/C26H20Br2N4O3S/c1-34-18-7-3-15(4-8-18)22-14-36-26(30-22)29-13-23-31-24-20(11-16(27)12-21(24)28)25(33)32(23)17-5-9-19(35-2)10-6-17/h3-12,14H,13H2,1-2H3,(H,29,30). The van der Waals surface area contributed by atoms with Gasteiger partial charge in [0.25, 0.3) is 5.56 Å². The van der Waals surface area contributed by atoms with Crippen molar-refractivity contribution in [1.29, 1.82) is 0 Å². The number of nitrogens with zero attached hydrogens (tertiary/aromatic N) is 3. The number of rotatable bonds is 7. The second-order valence-electron chi connectivity index (χ2n) is 7.77. The molecule has 7 nitrogen and oxygen atoms in total. The van der Waals surface area contributed by atoms with Gasteiger partial charge in [-0.2, -0.15) is 0 Å². The van der Waals surface area contributed by atoms with Gasteiger partial charge in [0.05, 0.1) is 43.0 Å². The molecule has 5 aromatic rings. The number of hydrogen-bond donors (Lipinski definition) is 1. The molecule has 0 saturated heterocycles. The van der Waals surface area contributed by atoms with Crippen LogP contribution in [0, 0.1) is 0 Å². The molecule has 0 unspecified atom stereocenters. The lowest BCUT2D eigenvalue weighted by Gasteiger charge is -2.15. The van der Waals surface area contributed by atoms with Crippen molar-refractivity contribution in [2.45, 2.75) is 6.54 Å². The van der Waals surface area contributed by atoms with Gasteiger partial charge in [0, 0.05) is 19.9 Å². The Balaban J connectivity index is 1.52. The fourth-order valence-corrected chi connectivity index (χ4v) is 5.81. The van der Waals surface area contributed by atoms with E-state index in [1.165, 1.54) is 11.3 Å². The Labute approximate surface area is 228 Å². The average Bonchev–Trinajstić information content (AvgIpc) is 3.37. The Kier molecular flexibility index (Phi) is 7.08. The highest BCUT2D eigenvalue weighted by Gasteiger charge is 2.16. The predicted molar refractivity (Wildman–Crippen MR) is 151 cm³/mol. The third kappa shape index (κ3) is 4.88. The van der Waals surface area contributed by atoms with Crippen molar-refractivity contribution in [3.8, 4) is 28.4 Å². The van der Waals surface area contributed by atoms with Crippen LogP contribution in [-0.4, -0.2) is 28.8 Å². The predicted octanol–water partition coefficient (Wildman–Crippen LogP) is 6.66. The number of halogens is 2. The van der Waals surface area contributed by atoms with E-state index in [0.29, 0.717) is 34.7 Å². The van der Waals surface area contributed by atoms with Crippen molar-refractivity contribution in [1.82, 2.24) is 14.5 Å². The largest absolute Gasteiger partial charge is 0.497 e. The molecule has 0 spiro atoms. The van der Waals surface area contributed by atoms with Crippen LogP contribution in [-0.2, 0) is 6.54 Å². The molecule has 0 radical (unpaired) electrons. The zero-order chi connectivity index (χ0) is 25.2. The summed E-state index contributed by atoms with van der Waals surface area (Å²) in [6.07, 6.45) is 0. The topological polar surface area (TPSA) is 78.3 Å². The van der Waals surface area contributed by atoms with Crippen molar-refractivity contribution in [3.05, 3.63) is 91.2 Å². The van der Waals surface area contributed by atoms with Crippen LogP contribution >= 0.6 is 43.2 Å². The first-order valence-electron chi connectivity index (χ1n) is 10.9. The Hall–Kier alpha value is -3.21. The van der Waals surface area contributed by atoms with Gasteiger partial charge in [0.1, 0.15) is 17.3 Å². The van der Waals surface area contributed by atoms with Crippen LogP contribution in [0.4, 0.5) is 5.13 Å². The molecule has 1 N–H and O–H groups in total. The summed E-state index contributed by atoms with van der Waals surface area (Å²) in [4.78, 5) is 23.2. The first-order chi connectivity index (χ1) is 17.5. The highest BCUT2D eigenvalue weighted by Crippen LogP contribution is 2.29. The summed E-state index contributed by atoms with van der Waals surface area (Å²) in [7, 11) is 3.25. The number of fused-ring (bicyclic) bond motifs is 1. The van der Waals surface area contributed by atoms with E-state index in [1.54, 1.807) is 24.9 Å². The first-order valence-corrected chi connectivity index (χ1v) is 13.3. The molecule has 2 aromatic heterocycles. The molecule has 0 saturated carbocycles. The van der Waals surface area contributed by atoms with Crippen LogP contribution in [0.3, 0.4) is 0 Å². The number of benzene rings is 3. The molecule has 0 bridgehead atoms. The molecule has 2 heterocycles. The van der Waals surface area contributed by atoms with Gasteiger partial charge < -0.3 is 14.8 Å². The van der Waals surface area contributed by atoms with Gasteiger partial charge in [-0.3, -0.25) is 9.36 Å². The van der Waals surface area contributed by atoms with E-state index in [1.807, 2.05) is 60.0 Å². The maximum atomic E-state index is 13.7. The van der Waals surface area contributed by atoms with Gasteiger partial charge in [0.2, 0.25) is 0 Å². The minimum absolute atomic E-state index is 0.165. The monoisotopic (exact) mass is 626 g/mol. The van der Waals surface area contributed by atoms with Crippen molar-refractivity contribution >= 4 is 59.2 Å². The van der Waals surface area contributed by atoms with E-state index in [0.717, 1.165) is 31.1 Å². The first kappa shape index (κ1) is 24.5. The normalized spacial score (nSPS) is 11.0. The van der Waals surface area contributed by atoms with Gasteiger partial charge in [-0.05, 0) is 76.6 Å². The number of hydrogen-bond acceptors (Lipinski definition) is 7. The van der Waals surface area contributed by atoms with Crippen LogP contribution in [0.2, 0.25) is 0 Å². The summed E-state index contributed by atoms with van der Waals surface area (Å²) >= 11 is 8.52. The molecule has 3 aromatic carbocycles. The SMILES string of the molecule is COc1ccc(-c2csc(NCc3nc4c(Br)cc(Br)cc4c(=O)n3-c3ccc(OC)cc3)n2)cc1. The number of methoxy groups -OCH3 is 2. The number of ether oxygens (including phenoxy) is 2. The molecule has 0 atom stereocenters. The lowest BCUT2D eigenvalue weighted by Crippen LogP contribution is -2.25. The summed E-state index contributed by atoms with van der Waals surface area (Å²) in [6.45, 7) is 0.301. The highest BCUT2D eigenvalue weighted by molar-refractivity contribution is 9.11. The van der Waals surface area contributed by atoms with Crippen LogP contribution in [0.15, 0.2) is 79.8 Å². The van der Waals surface area contributed by atoms with Gasteiger partial charge in [-0.1, -0.05) is 15.9 Å². The van der Waals surface area contributed by atoms with E-state index in [4.69, 9.17) is 19.4 Å². The van der Waals surface area contributed by atoms with Crippen LogP contribution in [0.1, 0.15) is 5.82 Å². The van der Waals surface area contributed by atoms with Crippen LogP contribution in [0.25, 0.3) is 27.8 Å². The van der Waals surface area contributed by atoms with Gasteiger partial charge in [-0.25, -0.2) is 9.97 Å². The minimum Gasteiger partial charge on any atom is -0.497 e. The smallest absolute Gasteiger partial charge is 0.266 e. The number of anilines is 1. The Morgan fingerprint density at radius 3 is 2.28 bits per heavy atom. The van der Waals surface area contributed by atoms with Gasteiger partial charge in [0.15, 0.2) is 5.13 Å². The summed E-state index contributed by atoms with van der Waals surface area (Å²) < 4.78 is 13.7. The Morgan fingerprint density at radius 2 is 1.61 bits per heavy atom. The maximum Gasteiger partial charge on any atom is 0.266 e. The maximum absolute atomic E-state index is 13.7. The fraction of sp³-hybridized carbons (Fsp3) is 0.115. The molecule has 10 heteroatoms. The molecule has 5 rings (SSSR count).